The van der Waals surface area contributed by atoms with Crippen molar-refractivity contribution < 1.29 is 13.3 Å². The highest BCUT2D eigenvalue weighted by molar-refractivity contribution is 6.30. The van der Waals surface area contributed by atoms with Gasteiger partial charge in [-0.3, -0.25) is 0 Å². The highest BCUT2D eigenvalue weighted by Crippen LogP contribution is 2.53. The molecule has 0 amide bonds. The maximum Gasteiger partial charge on any atom is 0.143 e. The second-order valence-electron chi connectivity index (χ2n) is 32.1. The van der Waals surface area contributed by atoms with Crippen LogP contribution in [0.5, 0.6) is 0 Å². The normalized spacial score (nSPS) is 11.7. The lowest BCUT2D eigenvalue weighted by Crippen LogP contribution is -1.92. The van der Waals surface area contributed by atoms with Crippen molar-refractivity contribution >= 4 is 163 Å². The first-order valence-electron chi connectivity index (χ1n) is 42.3. The van der Waals surface area contributed by atoms with Gasteiger partial charge >= 0.3 is 0 Å². The summed E-state index contributed by atoms with van der Waals surface area (Å²) in [6.45, 7) is 0. The zero-order valence-corrected chi connectivity index (χ0v) is 66.9. The molecule has 0 aliphatic carbocycles. The average molecular weight is 1560 g/mol. The fourth-order valence-electron chi connectivity index (χ4n) is 20.1. The van der Waals surface area contributed by atoms with Crippen LogP contribution in [0.25, 0.3) is 252 Å². The molecular weight excluding hydrogens is 1490 g/mol. The van der Waals surface area contributed by atoms with Gasteiger partial charge in [-0.2, -0.15) is 0 Å². The first kappa shape index (κ1) is 71.0. The lowest BCUT2D eigenvalue weighted by Gasteiger charge is -2.19. The van der Waals surface area contributed by atoms with Gasteiger partial charge in [0.15, 0.2) is 0 Å². The Hall–Kier alpha value is -16.2. The lowest BCUT2D eigenvalue weighted by molar-refractivity contribution is 0.669. The minimum absolute atomic E-state index is 0.918. The van der Waals surface area contributed by atoms with E-state index in [0.717, 1.165) is 82.5 Å². The van der Waals surface area contributed by atoms with Crippen molar-refractivity contribution in [2.45, 2.75) is 0 Å². The van der Waals surface area contributed by atoms with E-state index in [1.165, 1.54) is 169 Å². The number of hydrogen-bond donors (Lipinski definition) is 0. The first-order valence-corrected chi connectivity index (χ1v) is 42.3. The monoisotopic (exact) mass is 1560 g/mol. The van der Waals surface area contributed by atoms with Crippen molar-refractivity contribution in [2.24, 2.45) is 0 Å². The molecule has 23 aromatic carbocycles. The van der Waals surface area contributed by atoms with E-state index < -0.39 is 0 Å². The Balaban J connectivity index is 0.000000104. The van der Waals surface area contributed by atoms with Gasteiger partial charge in [0.25, 0.3) is 0 Å². The second-order valence-corrected chi connectivity index (χ2v) is 32.1. The zero-order valence-electron chi connectivity index (χ0n) is 66.9. The van der Waals surface area contributed by atoms with Crippen LogP contribution in [0.4, 0.5) is 0 Å². The fourth-order valence-corrected chi connectivity index (χ4v) is 20.1. The number of para-hydroxylation sites is 6. The maximum absolute atomic E-state index is 6.56. The van der Waals surface area contributed by atoms with E-state index in [9.17, 15) is 0 Å². The van der Waals surface area contributed by atoms with E-state index in [1.54, 1.807) is 0 Å². The Labute approximate surface area is 709 Å². The van der Waals surface area contributed by atoms with Gasteiger partial charge in [0.05, 0.1) is 0 Å². The van der Waals surface area contributed by atoms with Crippen LogP contribution in [0.3, 0.4) is 0 Å². The molecule has 123 heavy (non-hydrogen) atoms. The van der Waals surface area contributed by atoms with Crippen LogP contribution in [0, 0.1) is 0 Å². The highest BCUT2D eigenvalue weighted by Gasteiger charge is 2.26. The smallest absolute Gasteiger partial charge is 0.143 e. The van der Waals surface area contributed by atoms with E-state index in [0.29, 0.717) is 0 Å². The summed E-state index contributed by atoms with van der Waals surface area (Å²) in [7, 11) is 0. The van der Waals surface area contributed by atoms with Gasteiger partial charge in [0, 0.05) is 65.7 Å². The molecule has 3 aromatic heterocycles. The van der Waals surface area contributed by atoms with Gasteiger partial charge < -0.3 is 13.3 Å². The average Bonchev–Trinajstić information content (AvgIpc) is 1.59. The molecule has 0 N–H and O–H groups in total. The third-order valence-corrected chi connectivity index (χ3v) is 25.4. The Kier molecular flexibility index (Phi) is 17.0. The van der Waals surface area contributed by atoms with Crippen molar-refractivity contribution in [3.63, 3.8) is 0 Å². The number of hydrogen-bond acceptors (Lipinski definition) is 3. The predicted molar refractivity (Wildman–Crippen MR) is 522 cm³/mol. The molecule has 26 rings (SSSR count). The van der Waals surface area contributed by atoms with Crippen molar-refractivity contribution in [2.75, 3.05) is 0 Å². The summed E-state index contributed by atoms with van der Waals surface area (Å²) in [6.07, 6.45) is 0. The molecule has 572 valence electrons. The summed E-state index contributed by atoms with van der Waals surface area (Å²) in [5, 5.41) is 29.3. The second kappa shape index (κ2) is 29.4. The van der Waals surface area contributed by atoms with Crippen LogP contribution >= 0.6 is 0 Å². The van der Waals surface area contributed by atoms with Gasteiger partial charge in [0.1, 0.15) is 33.5 Å². The molecule has 3 nitrogen and oxygen atoms in total. The molecule has 0 fully saturated rings. The molecule has 3 heteroatoms. The Bertz CT molecular complexity index is 8580. The predicted octanol–water partition coefficient (Wildman–Crippen LogP) is 34.5. The summed E-state index contributed by atoms with van der Waals surface area (Å²) < 4.78 is 19.6. The molecule has 0 aliphatic heterocycles. The molecule has 0 radical (unpaired) electrons. The first-order chi connectivity index (χ1) is 61.1. The van der Waals surface area contributed by atoms with Gasteiger partial charge in [-0.05, 0) is 177 Å². The number of benzene rings is 23. The van der Waals surface area contributed by atoms with Gasteiger partial charge in [-0.25, -0.2) is 0 Å². The van der Waals surface area contributed by atoms with Gasteiger partial charge in [-0.15, -0.1) is 0 Å². The molecule has 0 saturated carbocycles. The standard InChI is InChI=1S/C42H26O.C40H24O.C38H24O/c1-2-13-30-27(11-1)12-9-19-31(30)28-23-25-29(26-24-28)40-33-15-3-5-17-35(33)41(36-18-6-4-16-34(36)40)38-21-10-20-37-32-14-7-8-22-39(32)43-42(37)38;1-2-13-26-25(12-1)24-36(28-15-4-3-14-27(26)28)39-32-19-7-5-17-30(32)38(31-18-6-8-20-33(31)39)35-22-11-21-34-29-16-9-10-23-37(29)41-40(34)35;1-2-13-25(14-3-1)26-15-4-5-17-28(26)36-29-18-6-8-20-31(29)37(32-21-9-7-19-30(32)36)34-23-12-22-33-27-16-10-11-24-35(27)39-38(33)34/h1-26H;1-24H;1-24H. The quantitative estimate of drug-likeness (QED) is 0.112. The molecule has 0 saturated heterocycles. The third-order valence-electron chi connectivity index (χ3n) is 25.4. The van der Waals surface area contributed by atoms with Crippen molar-refractivity contribution in [3.8, 4) is 89.0 Å². The fraction of sp³-hybridized carbons (Fsp3) is 0. The topological polar surface area (TPSA) is 39.4 Å². The summed E-state index contributed by atoms with van der Waals surface area (Å²) in [5.74, 6) is 0. The lowest BCUT2D eigenvalue weighted by atomic mass is 9.83. The van der Waals surface area contributed by atoms with Crippen molar-refractivity contribution in [1.29, 1.82) is 0 Å². The summed E-state index contributed by atoms with van der Waals surface area (Å²) in [6, 6.07) is 161. The van der Waals surface area contributed by atoms with E-state index in [4.69, 9.17) is 13.3 Å². The van der Waals surface area contributed by atoms with Gasteiger partial charge in [0.2, 0.25) is 0 Å². The molecule has 0 aliphatic rings. The van der Waals surface area contributed by atoms with Crippen LogP contribution in [-0.2, 0) is 0 Å². The van der Waals surface area contributed by atoms with Crippen molar-refractivity contribution in [1.82, 2.24) is 0 Å². The van der Waals surface area contributed by atoms with E-state index >= 15 is 0 Å². The third kappa shape index (κ3) is 11.7. The van der Waals surface area contributed by atoms with Crippen LogP contribution in [0.1, 0.15) is 0 Å². The molecule has 0 bridgehead atoms. The summed E-state index contributed by atoms with van der Waals surface area (Å²) in [4.78, 5) is 0. The molecule has 0 unspecified atom stereocenters. The van der Waals surface area contributed by atoms with Crippen molar-refractivity contribution in [3.05, 3.63) is 449 Å². The largest absolute Gasteiger partial charge is 0.455 e. The van der Waals surface area contributed by atoms with Crippen LogP contribution in [0.15, 0.2) is 462 Å². The van der Waals surface area contributed by atoms with Crippen LogP contribution in [0.2, 0.25) is 0 Å². The summed E-state index contributed by atoms with van der Waals surface area (Å²) in [5.41, 5.74) is 25.0. The highest BCUT2D eigenvalue weighted by atomic mass is 16.3. The SMILES string of the molecule is c1ccc(-c2ccccc2-c2c3ccccc3c(-c3cccc4c3oc3ccccc34)c3ccccc23)cc1.c1ccc2c(-c3ccc(-c4c5ccccc5c(-c5cccc6c5oc5ccccc56)c5ccccc45)cc3)cccc2c1.c1ccc2c(c1)cc(-c1c3ccccc3c(-c3cccc4c3oc3ccccc34)c3ccccc13)c1ccccc12. The van der Waals surface area contributed by atoms with Crippen LogP contribution < -0.4 is 0 Å². The number of rotatable bonds is 8. The Morgan fingerprint density at radius 2 is 0.366 bits per heavy atom. The zero-order chi connectivity index (χ0) is 81.0. The van der Waals surface area contributed by atoms with E-state index in [1.807, 2.05) is 18.2 Å². The minimum Gasteiger partial charge on any atom is -0.455 e. The van der Waals surface area contributed by atoms with Gasteiger partial charge in [-0.1, -0.05) is 425 Å². The van der Waals surface area contributed by atoms with Crippen LogP contribution in [-0.4, -0.2) is 0 Å². The number of furan rings is 3. The molecule has 0 spiro atoms. The maximum atomic E-state index is 6.56. The van der Waals surface area contributed by atoms with E-state index in [2.05, 4.69) is 431 Å². The van der Waals surface area contributed by atoms with E-state index in [-0.39, 0.29) is 0 Å². The molecule has 3 heterocycles. The Morgan fingerprint density at radius 1 is 0.114 bits per heavy atom. The number of fused-ring (bicyclic) bond motifs is 19. The molecule has 26 aromatic rings. The minimum atomic E-state index is 0.918. The molecule has 0 atom stereocenters. The Morgan fingerprint density at radius 3 is 0.789 bits per heavy atom. The summed E-state index contributed by atoms with van der Waals surface area (Å²) >= 11 is 0. The molecular formula is C120H74O3.